The van der Waals surface area contributed by atoms with Gasteiger partial charge in [-0.15, -0.1) is 0 Å². The first-order chi connectivity index (χ1) is 14.1. The number of guanidine groups is 1. The third kappa shape index (κ3) is 2.60. The molecular formula is C21H19F3N4O2. The van der Waals surface area contributed by atoms with Crippen LogP contribution in [-0.2, 0) is 16.5 Å². The maximum Gasteiger partial charge on any atom is 0.417 e. The van der Waals surface area contributed by atoms with Crippen LogP contribution in [0.15, 0.2) is 41.7 Å². The summed E-state index contributed by atoms with van der Waals surface area (Å²) in [4.78, 5) is 22.8. The van der Waals surface area contributed by atoms with Crippen LogP contribution in [-0.4, -0.2) is 34.4 Å². The Morgan fingerprint density at radius 2 is 1.93 bits per heavy atom. The van der Waals surface area contributed by atoms with E-state index >= 15 is 0 Å². The van der Waals surface area contributed by atoms with Gasteiger partial charge in [-0.1, -0.05) is 6.07 Å². The van der Waals surface area contributed by atoms with Crippen molar-refractivity contribution in [2.75, 3.05) is 7.05 Å². The lowest BCUT2D eigenvalue weighted by atomic mass is 9.67. The van der Waals surface area contributed by atoms with Crippen LogP contribution in [0.3, 0.4) is 0 Å². The van der Waals surface area contributed by atoms with Crippen molar-refractivity contribution in [3.05, 3.63) is 47.8 Å². The molecule has 5 rings (SSSR count). The van der Waals surface area contributed by atoms with Gasteiger partial charge in [0.25, 0.3) is 5.91 Å². The molecule has 6 nitrogen and oxygen atoms in total. The van der Waals surface area contributed by atoms with Crippen molar-refractivity contribution in [3.8, 4) is 16.9 Å². The molecule has 156 valence electrons. The Kier molecular flexibility index (Phi) is 3.76. The lowest BCUT2D eigenvalue weighted by Crippen LogP contribution is -2.54. The van der Waals surface area contributed by atoms with Gasteiger partial charge in [-0.3, -0.25) is 14.7 Å². The molecule has 2 spiro atoms. The molecule has 1 aliphatic carbocycles. The average Bonchev–Trinajstić information content (AvgIpc) is 2.90. The zero-order valence-corrected chi connectivity index (χ0v) is 16.2. The number of nitrogens with two attached hydrogens (primary N) is 1. The van der Waals surface area contributed by atoms with Crippen LogP contribution in [0.5, 0.6) is 5.75 Å². The second-order valence-corrected chi connectivity index (χ2v) is 8.18. The SMILES string of the molecule is CN1C(=O)C2(CC3(CCC3)Oc3ccc(-c4cncc(C(F)(F)F)c4)cc32)N=C1N. The predicted molar refractivity (Wildman–Crippen MR) is 103 cm³/mol. The number of aliphatic imine (C=N–C) groups is 1. The van der Waals surface area contributed by atoms with Crippen molar-refractivity contribution in [3.63, 3.8) is 0 Å². The van der Waals surface area contributed by atoms with Crippen molar-refractivity contribution in [1.82, 2.24) is 9.88 Å². The maximum absolute atomic E-state index is 13.2. The first-order valence-corrected chi connectivity index (χ1v) is 9.63. The molecule has 2 aliphatic heterocycles. The molecule has 1 atom stereocenters. The van der Waals surface area contributed by atoms with Gasteiger partial charge in [0.2, 0.25) is 0 Å². The second-order valence-electron chi connectivity index (χ2n) is 8.18. The molecule has 0 saturated heterocycles. The van der Waals surface area contributed by atoms with E-state index in [1.807, 2.05) is 0 Å². The summed E-state index contributed by atoms with van der Waals surface area (Å²) in [6, 6.07) is 6.09. The Morgan fingerprint density at radius 1 is 1.17 bits per heavy atom. The summed E-state index contributed by atoms with van der Waals surface area (Å²) in [6.07, 6.45) is 0.652. The Labute approximate surface area is 170 Å². The Morgan fingerprint density at radius 3 is 2.53 bits per heavy atom. The number of alkyl halides is 3. The maximum atomic E-state index is 13.2. The van der Waals surface area contributed by atoms with Crippen LogP contribution >= 0.6 is 0 Å². The average molecular weight is 416 g/mol. The largest absolute Gasteiger partial charge is 0.487 e. The van der Waals surface area contributed by atoms with Crippen LogP contribution in [0.1, 0.15) is 36.8 Å². The molecule has 0 bridgehead atoms. The second kappa shape index (κ2) is 5.96. The summed E-state index contributed by atoms with van der Waals surface area (Å²) in [5, 5.41) is 0. The van der Waals surface area contributed by atoms with Gasteiger partial charge < -0.3 is 10.5 Å². The monoisotopic (exact) mass is 416 g/mol. The number of amides is 1. The lowest BCUT2D eigenvalue weighted by Gasteiger charge is -2.50. The zero-order valence-electron chi connectivity index (χ0n) is 16.2. The molecule has 1 aromatic carbocycles. The number of hydrogen-bond donors (Lipinski definition) is 1. The number of ether oxygens (including phenoxy) is 1. The molecule has 1 unspecified atom stereocenters. The van der Waals surface area contributed by atoms with E-state index in [-0.39, 0.29) is 11.9 Å². The first kappa shape index (κ1) is 18.9. The van der Waals surface area contributed by atoms with Gasteiger partial charge in [-0.2, -0.15) is 13.2 Å². The minimum absolute atomic E-state index is 0.119. The van der Waals surface area contributed by atoms with Gasteiger partial charge in [0.05, 0.1) is 5.56 Å². The lowest BCUT2D eigenvalue weighted by molar-refractivity contribution is -0.138. The summed E-state index contributed by atoms with van der Waals surface area (Å²) in [5.41, 5.74) is 4.76. The van der Waals surface area contributed by atoms with Crippen molar-refractivity contribution in [2.45, 2.75) is 43.0 Å². The van der Waals surface area contributed by atoms with Crippen LogP contribution in [0.4, 0.5) is 13.2 Å². The third-order valence-electron chi connectivity index (χ3n) is 6.30. The summed E-state index contributed by atoms with van der Waals surface area (Å²) in [7, 11) is 1.57. The van der Waals surface area contributed by atoms with Gasteiger partial charge in [0, 0.05) is 37.0 Å². The summed E-state index contributed by atoms with van der Waals surface area (Å²) in [5.74, 6) is 0.383. The molecule has 30 heavy (non-hydrogen) atoms. The summed E-state index contributed by atoms with van der Waals surface area (Å²) < 4.78 is 45.6. The molecule has 9 heteroatoms. The number of carbonyl (C=O) groups is 1. The number of pyridine rings is 1. The van der Waals surface area contributed by atoms with E-state index < -0.39 is 22.9 Å². The van der Waals surface area contributed by atoms with Crippen LogP contribution in [0.2, 0.25) is 0 Å². The Hall–Kier alpha value is -3.10. The number of carbonyl (C=O) groups excluding carboxylic acids is 1. The predicted octanol–water partition coefficient (Wildman–Crippen LogP) is 3.45. The van der Waals surface area contributed by atoms with Gasteiger partial charge in [0.15, 0.2) is 11.5 Å². The first-order valence-electron chi connectivity index (χ1n) is 9.63. The molecular weight excluding hydrogens is 397 g/mol. The fourth-order valence-corrected chi connectivity index (χ4v) is 4.55. The van der Waals surface area contributed by atoms with Gasteiger partial charge in [-0.05, 0) is 43.0 Å². The topological polar surface area (TPSA) is 80.8 Å². The van der Waals surface area contributed by atoms with E-state index in [9.17, 15) is 18.0 Å². The minimum Gasteiger partial charge on any atom is -0.487 e. The summed E-state index contributed by atoms with van der Waals surface area (Å²) >= 11 is 0. The van der Waals surface area contributed by atoms with Crippen molar-refractivity contribution < 1.29 is 22.7 Å². The highest BCUT2D eigenvalue weighted by atomic mass is 19.4. The quantitative estimate of drug-likeness (QED) is 0.772. The fraction of sp³-hybridized carbons (Fsp3) is 0.381. The Bertz CT molecular complexity index is 1090. The molecule has 2 N–H and O–H groups in total. The number of rotatable bonds is 1. The number of likely N-dealkylation sites (N-methyl/N-ethyl adjacent to an activating group) is 1. The molecule has 3 heterocycles. The normalized spacial score (nSPS) is 24.5. The summed E-state index contributed by atoms with van der Waals surface area (Å²) in [6.45, 7) is 0. The molecule has 1 saturated carbocycles. The van der Waals surface area contributed by atoms with E-state index in [0.29, 0.717) is 28.9 Å². The van der Waals surface area contributed by atoms with Crippen LogP contribution in [0.25, 0.3) is 11.1 Å². The number of nitrogens with zero attached hydrogens (tertiary/aromatic N) is 3. The minimum atomic E-state index is -4.50. The van der Waals surface area contributed by atoms with Crippen molar-refractivity contribution in [1.29, 1.82) is 0 Å². The number of aromatic nitrogens is 1. The van der Waals surface area contributed by atoms with E-state index in [4.69, 9.17) is 10.5 Å². The smallest absolute Gasteiger partial charge is 0.417 e. The molecule has 1 aromatic heterocycles. The van der Waals surface area contributed by atoms with E-state index in [2.05, 4.69) is 9.98 Å². The zero-order chi connectivity index (χ0) is 21.3. The fourth-order valence-electron chi connectivity index (χ4n) is 4.55. The molecule has 3 aliphatic rings. The third-order valence-corrected chi connectivity index (χ3v) is 6.30. The molecule has 1 fully saturated rings. The van der Waals surface area contributed by atoms with Gasteiger partial charge in [-0.25, -0.2) is 4.99 Å². The molecule has 2 aromatic rings. The van der Waals surface area contributed by atoms with Gasteiger partial charge in [0.1, 0.15) is 11.4 Å². The molecule has 0 radical (unpaired) electrons. The number of fused-ring (bicyclic) bond motifs is 2. The van der Waals surface area contributed by atoms with E-state index in [0.717, 1.165) is 31.5 Å². The number of halogens is 3. The number of hydrogen-bond acceptors (Lipinski definition) is 5. The van der Waals surface area contributed by atoms with E-state index in [1.54, 1.807) is 25.2 Å². The highest BCUT2D eigenvalue weighted by Gasteiger charge is 2.59. The van der Waals surface area contributed by atoms with E-state index in [1.165, 1.54) is 11.1 Å². The highest BCUT2D eigenvalue weighted by molar-refractivity contribution is 6.07. The van der Waals surface area contributed by atoms with Crippen LogP contribution in [0, 0.1) is 0 Å². The highest BCUT2D eigenvalue weighted by Crippen LogP contribution is 2.55. The van der Waals surface area contributed by atoms with Crippen molar-refractivity contribution in [2.24, 2.45) is 10.7 Å². The van der Waals surface area contributed by atoms with Crippen LogP contribution < -0.4 is 10.5 Å². The molecule has 1 amide bonds. The van der Waals surface area contributed by atoms with Crippen molar-refractivity contribution >= 4 is 11.9 Å². The van der Waals surface area contributed by atoms with Gasteiger partial charge >= 0.3 is 6.18 Å². The Balaban J connectivity index is 1.66. The number of benzene rings is 1. The standard InChI is InChI=1S/C21H19F3N4O2/c1-28-17(29)20(27-18(28)25)11-19(5-2-6-19)30-16-4-3-12(8-15(16)20)13-7-14(10-26-9-13)21(22,23)24/h3-4,7-10H,2,5-6,11H2,1H3,(H2,25,27).